The lowest BCUT2D eigenvalue weighted by atomic mass is 10.2. The van der Waals surface area contributed by atoms with E-state index in [-0.39, 0.29) is 17.6 Å². The molecule has 6 heteroatoms. The third-order valence-electron chi connectivity index (χ3n) is 2.51. The van der Waals surface area contributed by atoms with E-state index in [4.69, 9.17) is 0 Å². The van der Waals surface area contributed by atoms with Gasteiger partial charge in [-0.1, -0.05) is 6.07 Å². The van der Waals surface area contributed by atoms with Crippen LogP contribution in [0.15, 0.2) is 24.3 Å². The van der Waals surface area contributed by atoms with Gasteiger partial charge in [0.1, 0.15) is 6.04 Å². The molecule has 2 N–H and O–H groups in total. The second kappa shape index (κ2) is 7.04. The molecule has 0 radical (unpaired) electrons. The number of carbonyl (C=O) groups excluding carboxylic acids is 2. The number of rotatable bonds is 5. The number of nitrogens with zero attached hydrogens (tertiary/aromatic N) is 1. The zero-order valence-electron chi connectivity index (χ0n) is 11.3. The molecule has 1 aromatic carbocycles. The molecule has 0 heterocycles. The normalized spacial score (nSPS) is 11.6. The van der Waals surface area contributed by atoms with E-state index in [0.717, 1.165) is 5.69 Å². The van der Waals surface area contributed by atoms with Gasteiger partial charge in [-0.15, -0.1) is 0 Å². The molecule has 0 spiro atoms. The van der Waals surface area contributed by atoms with Gasteiger partial charge in [-0.25, -0.2) is 0 Å². The van der Waals surface area contributed by atoms with Crippen LogP contribution in [0.4, 0.5) is 11.4 Å². The van der Waals surface area contributed by atoms with Crippen molar-refractivity contribution in [3.63, 3.8) is 0 Å². The van der Waals surface area contributed by atoms with Crippen molar-refractivity contribution in [1.82, 2.24) is 5.32 Å². The molecule has 104 valence electrons. The molecule has 0 aromatic heterocycles. The zero-order chi connectivity index (χ0) is 14.4. The number of hydrogen-bond donors (Lipinski definition) is 3. The highest BCUT2D eigenvalue weighted by molar-refractivity contribution is 7.80. The highest BCUT2D eigenvalue weighted by Crippen LogP contribution is 2.17. The van der Waals surface area contributed by atoms with E-state index in [9.17, 15) is 9.59 Å². The second-order valence-corrected chi connectivity index (χ2v) is 4.73. The Morgan fingerprint density at radius 2 is 2.05 bits per heavy atom. The van der Waals surface area contributed by atoms with E-state index in [1.165, 1.54) is 6.92 Å². The van der Waals surface area contributed by atoms with Gasteiger partial charge in [0.05, 0.1) is 0 Å². The summed E-state index contributed by atoms with van der Waals surface area (Å²) < 4.78 is 0. The predicted molar refractivity (Wildman–Crippen MR) is 80.9 cm³/mol. The molecule has 0 fully saturated rings. The lowest BCUT2D eigenvalue weighted by molar-refractivity contribution is -0.124. The van der Waals surface area contributed by atoms with Crippen LogP contribution < -0.4 is 15.5 Å². The third-order valence-corrected chi connectivity index (χ3v) is 2.87. The highest BCUT2D eigenvalue weighted by Gasteiger charge is 2.17. The van der Waals surface area contributed by atoms with Crippen molar-refractivity contribution in [3.05, 3.63) is 24.3 Å². The highest BCUT2D eigenvalue weighted by atomic mass is 32.1. The van der Waals surface area contributed by atoms with E-state index in [1.54, 1.807) is 6.07 Å². The summed E-state index contributed by atoms with van der Waals surface area (Å²) >= 11 is 4.07. The Morgan fingerprint density at radius 3 is 2.58 bits per heavy atom. The smallest absolute Gasteiger partial charge is 0.247 e. The minimum atomic E-state index is -0.635. The van der Waals surface area contributed by atoms with Crippen LogP contribution in [0.2, 0.25) is 0 Å². The molecule has 0 saturated carbocycles. The van der Waals surface area contributed by atoms with Gasteiger partial charge < -0.3 is 15.5 Å². The standard InChI is InChI=1S/C13H19N3O2S/c1-9(17)14-12(8-19)13(18)15-10-5-4-6-11(7-10)16(2)3/h4-7,12,19H,8H2,1-3H3,(H,14,17)(H,15,18). The Morgan fingerprint density at radius 1 is 1.37 bits per heavy atom. The van der Waals surface area contributed by atoms with Crippen LogP contribution in [0.25, 0.3) is 0 Å². The van der Waals surface area contributed by atoms with Gasteiger partial charge in [0, 0.05) is 38.1 Å². The maximum Gasteiger partial charge on any atom is 0.247 e. The molecule has 0 bridgehead atoms. The summed E-state index contributed by atoms with van der Waals surface area (Å²) in [4.78, 5) is 24.9. The van der Waals surface area contributed by atoms with Gasteiger partial charge in [0.2, 0.25) is 11.8 Å². The number of anilines is 2. The van der Waals surface area contributed by atoms with Crippen LogP contribution in [-0.2, 0) is 9.59 Å². The van der Waals surface area contributed by atoms with E-state index >= 15 is 0 Å². The number of benzene rings is 1. The first-order valence-corrected chi connectivity index (χ1v) is 6.53. The van der Waals surface area contributed by atoms with Crippen molar-refractivity contribution in [1.29, 1.82) is 0 Å². The molecule has 1 atom stereocenters. The molecule has 0 aliphatic rings. The number of nitrogens with one attached hydrogen (secondary N) is 2. The Kier molecular flexibility index (Phi) is 5.69. The Balaban J connectivity index is 2.75. The van der Waals surface area contributed by atoms with Crippen molar-refractivity contribution in [2.75, 3.05) is 30.1 Å². The molecule has 0 aliphatic heterocycles. The number of thiol groups is 1. The molecule has 1 unspecified atom stereocenters. The summed E-state index contributed by atoms with van der Waals surface area (Å²) in [5.41, 5.74) is 1.67. The van der Waals surface area contributed by atoms with Gasteiger partial charge in [0.25, 0.3) is 0 Å². The van der Waals surface area contributed by atoms with Crippen molar-refractivity contribution < 1.29 is 9.59 Å². The van der Waals surface area contributed by atoms with Crippen molar-refractivity contribution in [2.45, 2.75) is 13.0 Å². The second-order valence-electron chi connectivity index (χ2n) is 4.37. The summed E-state index contributed by atoms with van der Waals surface area (Å²) in [5, 5.41) is 5.31. The largest absolute Gasteiger partial charge is 0.378 e. The average Bonchev–Trinajstić information content (AvgIpc) is 2.35. The number of carbonyl (C=O) groups is 2. The first-order chi connectivity index (χ1) is 8.93. The topological polar surface area (TPSA) is 61.4 Å². The fourth-order valence-corrected chi connectivity index (χ4v) is 1.79. The first kappa shape index (κ1) is 15.4. The number of hydrogen-bond acceptors (Lipinski definition) is 4. The molecule has 19 heavy (non-hydrogen) atoms. The van der Waals surface area contributed by atoms with E-state index in [1.807, 2.05) is 37.2 Å². The van der Waals surface area contributed by atoms with Crippen LogP contribution in [0.1, 0.15) is 6.92 Å². The molecule has 2 amide bonds. The van der Waals surface area contributed by atoms with E-state index in [2.05, 4.69) is 23.3 Å². The minimum absolute atomic E-state index is 0.249. The average molecular weight is 281 g/mol. The van der Waals surface area contributed by atoms with Gasteiger partial charge in [0.15, 0.2) is 0 Å². The van der Waals surface area contributed by atoms with Crippen molar-refractivity contribution in [2.24, 2.45) is 0 Å². The fraction of sp³-hybridized carbons (Fsp3) is 0.385. The molecule has 1 rings (SSSR count). The van der Waals surface area contributed by atoms with Crippen LogP contribution in [0.5, 0.6) is 0 Å². The summed E-state index contributed by atoms with van der Waals surface area (Å²) in [7, 11) is 3.85. The molecule has 1 aromatic rings. The fourth-order valence-electron chi connectivity index (χ4n) is 1.53. The maximum atomic E-state index is 12.0. The quantitative estimate of drug-likeness (QED) is 0.709. The summed E-state index contributed by atoms with van der Waals surface area (Å²) in [6.45, 7) is 1.37. The minimum Gasteiger partial charge on any atom is -0.378 e. The SMILES string of the molecule is CC(=O)NC(CS)C(=O)Nc1cccc(N(C)C)c1. The Labute approximate surface area is 118 Å². The summed E-state index contributed by atoms with van der Waals surface area (Å²) in [6.07, 6.45) is 0. The van der Waals surface area contributed by atoms with Crippen LogP contribution >= 0.6 is 12.6 Å². The van der Waals surface area contributed by atoms with Crippen LogP contribution in [0, 0.1) is 0 Å². The zero-order valence-corrected chi connectivity index (χ0v) is 12.2. The van der Waals surface area contributed by atoms with Gasteiger partial charge in [-0.2, -0.15) is 12.6 Å². The summed E-state index contributed by atoms with van der Waals surface area (Å²) in [6, 6.07) is 6.83. The lowest BCUT2D eigenvalue weighted by Crippen LogP contribution is -2.44. The van der Waals surface area contributed by atoms with Gasteiger partial charge in [-0.05, 0) is 18.2 Å². The van der Waals surface area contributed by atoms with Crippen molar-refractivity contribution >= 4 is 35.8 Å². The molecular formula is C13H19N3O2S. The van der Waals surface area contributed by atoms with Crippen LogP contribution in [-0.4, -0.2) is 37.7 Å². The Hall–Kier alpha value is -1.69. The van der Waals surface area contributed by atoms with E-state index in [0.29, 0.717) is 5.69 Å². The Bertz CT molecular complexity index is 463. The summed E-state index contributed by atoms with van der Waals surface area (Å²) in [5.74, 6) is -0.281. The first-order valence-electron chi connectivity index (χ1n) is 5.90. The third kappa shape index (κ3) is 4.82. The van der Waals surface area contributed by atoms with E-state index < -0.39 is 6.04 Å². The molecule has 0 aliphatic carbocycles. The van der Waals surface area contributed by atoms with Gasteiger partial charge >= 0.3 is 0 Å². The monoisotopic (exact) mass is 281 g/mol. The molecular weight excluding hydrogens is 262 g/mol. The molecule has 5 nitrogen and oxygen atoms in total. The van der Waals surface area contributed by atoms with Gasteiger partial charge in [-0.3, -0.25) is 9.59 Å². The molecule has 0 saturated heterocycles. The maximum absolute atomic E-state index is 12.0. The van der Waals surface area contributed by atoms with Crippen LogP contribution in [0.3, 0.4) is 0 Å². The number of amides is 2. The lowest BCUT2D eigenvalue weighted by Gasteiger charge is -2.17. The predicted octanol–water partition coefficient (Wildman–Crippen LogP) is 1.13. The van der Waals surface area contributed by atoms with Crippen molar-refractivity contribution in [3.8, 4) is 0 Å².